The van der Waals surface area contributed by atoms with E-state index in [0.717, 1.165) is 11.3 Å². The SMILES string of the molecule is C=CCNC(=O)Nc1nc2cc(-c3cncnc3)c(OCc3ccccn3)nc2s1.CCC. The van der Waals surface area contributed by atoms with E-state index < -0.39 is 0 Å². The highest BCUT2D eigenvalue weighted by atomic mass is 32.1. The topological polar surface area (TPSA) is 115 Å². The van der Waals surface area contributed by atoms with Crippen molar-refractivity contribution >= 4 is 32.8 Å². The molecule has 170 valence electrons. The summed E-state index contributed by atoms with van der Waals surface area (Å²) in [5.74, 6) is 0.411. The summed E-state index contributed by atoms with van der Waals surface area (Å²) >= 11 is 1.25. The molecule has 0 radical (unpaired) electrons. The third-order valence-corrected chi connectivity index (χ3v) is 4.81. The van der Waals surface area contributed by atoms with Crippen molar-refractivity contribution in [2.75, 3.05) is 11.9 Å². The van der Waals surface area contributed by atoms with Crippen molar-refractivity contribution in [3.8, 4) is 17.0 Å². The molecule has 0 aliphatic rings. The lowest BCUT2D eigenvalue weighted by atomic mass is 10.1. The largest absolute Gasteiger partial charge is 0.471 e. The molecule has 0 saturated heterocycles. The first-order chi connectivity index (χ1) is 16.1. The first-order valence-corrected chi connectivity index (χ1v) is 11.2. The predicted molar refractivity (Wildman–Crippen MR) is 130 cm³/mol. The average molecular weight is 464 g/mol. The van der Waals surface area contributed by atoms with Gasteiger partial charge in [-0.1, -0.05) is 43.7 Å². The third-order valence-electron chi connectivity index (χ3n) is 3.93. The maximum atomic E-state index is 11.9. The van der Waals surface area contributed by atoms with Gasteiger partial charge in [0.1, 0.15) is 23.3 Å². The molecule has 0 spiro atoms. The van der Waals surface area contributed by atoms with Crippen LogP contribution in [-0.2, 0) is 6.61 Å². The third kappa shape index (κ3) is 6.78. The first-order valence-electron chi connectivity index (χ1n) is 10.4. The molecule has 0 unspecified atom stereocenters. The number of ether oxygens (including phenoxy) is 1. The number of hydrogen-bond acceptors (Lipinski definition) is 8. The predicted octanol–water partition coefficient (Wildman–Crippen LogP) is 4.85. The number of fused-ring (bicyclic) bond motifs is 1. The zero-order chi connectivity index (χ0) is 23.5. The van der Waals surface area contributed by atoms with Crippen molar-refractivity contribution in [2.24, 2.45) is 0 Å². The van der Waals surface area contributed by atoms with E-state index in [4.69, 9.17) is 4.74 Å². The van der Waals surface area contributed by atoms with Gasteiger partial charge in [-0.2, -0.15) is 0 Å². The van der Waals surface area contributed by atoms with Gasteiger partial charge in [0, 0.05) is 36.3 Å². The van der Waals surface area contributed by atoms with E-state index in [1.165, 1.54) is 24.1 Å². The monoisotopic (exact) mass is 463 g/mol. The molecule has 4 heterocycles. The molecular weight excluding hydrogens is 438 g/mol. The van der Waals surface area contributed by atoms with Crippen LogP contribution >= 0.6 is 11.3 Å². The van der Waals surface area contributed by atoms with E-state index in [9.17, 15) is 4.79 Å². The van der Waals surface area contributed by atoms with Gasteiger partial charge in [-0.3, -0.25) is 10.3 Å². The van der Waals surface area contributed by atoms with Gasteiger partial charge >= 0.3 is 6.03 Å². The van der Waals surface area contributed by atoms with Gasteiger partial charge in [0.25, 0.3) is 0 Å². The van der Waals surface area contributed by atoms with E-state index in [2.05, 4.69) is 56.0 Å². The van der Waals surface area contributed by atoms with Crippen molar-refractivity contribution in [1.29, 1.82) is 0 Å². The van der Waals surface area contributed by atoms with E-state index in [1.54, 1.807) is 24.7 Å². The molecule has 0 bridgehead atoms. The van der Waals surface area contributed by atoms with Crippen LogP contribution in [0, 0.1) is 0 Å². The summed E-state index contributed by atoms with van der Waals surface area (Å²) < 4.78 is 5.97. The highest BCUT2D eigenvalue weighted by Crippen LogP contribution is 2.34. The summed E-state index contributed by atoms with van der Waals surface area (Å²) in [7, 11) is 0. The standard InChI is InChI=1S/C20H17N7O2S.C3H8/c1-2-6-24-19(28)27-20-25-16-8-15(13-9-21-12-22-10-13)17(26-18(16)30-20)29-11-14-5-3-4-7-23-14;1-3-2/h2-5,7-10,12H,1,6,11H2,(H2,24,25,27,28);3H2,1-2H3. The van der Waals surface area contributed by atoms with Crippen LogP contribution in [0.2, 0.25) is 0 Å². The summed E-state index contributed by atoms with van der Waals surface area (Å²) in [4.78, 5) is 34.0. The van der Waals surface area contributed by atoms with Crippen LogP contribution in [0.1, 0.15) is 26.0 Å². The number of anilines is 1. The Bertz CT molecular complexity index is 1180. The molecule has 2 N–H and O–H groups in total. The van der Waals surface area contributed by atoms with Crippen molar-refractivity contribution in [2.45, 2.75) is 26.9 Å². The normalized spacial score (nSPS) is 10.1. The number of thiazole rings is 1. The molecule has 2 amide bonds. The number of nitrogens with zero attached hydrogens (tertiary/aromatic N) is 5. The molecule has 4 aromatic rings. The summed E-state index contributed by atoms with van der Waals surface area (Å²) in [6.07, 6.45) is 9.37. The smallest absolute Gasteiger partial charge is 0.321 e. The molecule has 0 aliphatic carbocycles. The lowest BCUT2D eigenvalue weighted by Gasteiger charge is -2.10. The number of hydrogen-bond donors (Lipinski definition) is 2. The Labute approximate surface area is 196 Å². The molecule has 0 aromatic carbocycles. The van der Waals surface area contributed by atoms with Gasteiger partial charge in [0.15, 0.2) is 5.13 Å². The van der Waals surface area contributed by atoms with Crippen LogP contribution < -0.4 is 15.4 Å². The number of amides is 2. The van der Waals surface area contributed by atoms with Gasteiger partial charge in [0.05, 0.1) is 5.69 Å². The molecule has 9 nitrogen and oxygen atoms in total. The van der Waals surface area contributed by atoms with Crippen LogP contribution in [0.3, 0.4) is 0 Å². The number of rotatable bonds is 7. The fraction of sp³-hybridized carbons (Fsp3) is 0.217. The summed E-state index contributed by atoms with van der Waals surface area (Å²) in [6, 6.07) is 7.10. The Balaban J connectivity index is 0.000000968. The molecule has 0 saturated carbocycles. The van der Waals surface area contributed by atoms with Crippen molar-refractivity contribution in [1.82, 2.24) is 30.2 Å². The number of aromatic nitrogens is 5. The maximum Gasteiger partial charge on any atom is 0.321 e. The summed E-state index contributed by atoms with van der Waals surface area (Å²) in [5.41, 5.74) is 2.85. The van der Waals surface area contributed by atoms with Gasteiger partial charge in [-0.05, 0) is 18.2 Å². The number of pyridine rings is 2. The van der Waals surface area contributed by atoms with Crippen LogP contribution in [0.4, 0.5) is 9.93 Å². The molecular formula is C23H25N7O2S. The maximum absolute atomic E-state index is 11.9. The highest BCUT2D eigenvalue weighted by Gasteiger charge is 2.16. The Morgan fingerprint density at radius 2 is 2.00 bits per heavy atom. The Hall–Kier alpha value is -3.92. The highest BCUT2D eigenvalue weighted by molar-refractivity contribution is 7.22. The molecule has 0 fully saturated rings. The number of carbonyl (C=O) groups is 1. The lowest BCUT2D eigenvalue weighted by Crippen LogP contribution is -2.28. The van der Waals surface area contributed by atoms with Crippen LogP contribution in [0.5, 0.6) is 5.88 Å². The van der Waals surface area contributed by atoms with Gasteiger partial charge in [-0.25, -0.2) is 24.7 Å². The van der Waals surface area contributed by atoms with Gasteiger partial charge in [0.2, 0.25) is 5.88 Å². The molecule has 4 rings (SSSR count). The van der Waals surface area contributed by atoms with Crippen LogP contribution in [0.15, 0.2) is 61.8 Å². The van der Waals surface area contributed by atoms with Crippen molar-refractivity contribution < 1.29 is 9.53 Å². The van der Waals surface area contributed by atoms with Gasteiger partial charge in [-0.15, -0.1) is 6.58 Å². The minimum Gasteiger partial charge on any atom is -0.471 e. The minimum absolute atomic E-state index is 0.258. The fourth-order valence-corrected chi connectivity index (χ4v) is 3.40. The van der Waals surface area contributed by atoms with Crippen molar-refractivity contribution in [3.05, 3.63) is 67.5 Å². The van der Waals surface area contributed by atoms with E-state index in [1.807, 2.05) is 24.3 Å². The first kappa shape index (κ1) is 23.7. The Morgan fingerprint density at radius 1 is 1.21 bits per heavy atom. The number of carbonyl (C=O) groups excluding carboxylic acids is 1. The molecule has 4 aromatic heterocycles. The number of urea groups is 1. The van der Waals surface area contributed by atoms with Gasteiger partial charge < -0.3 is 10.1 Å². The quantitative estimate of drug-likeness (QED) is 0.377. The van der Waals surface area contributed by atoms with E-state index in [-0.39, 0.29) is 12.6 Å². The second kappa shape index (κ2) is 12.2. The average Bonchev–Trinajstić information content (AvgIpc) is 3.23. The summed E-state index contributed by atoms with van der Waals surface area (Å²) in [5, 5.41) is 5.77. The summed E-state index contributed by atoms with van der Waals surface area (Å²) in [6.45, 7) is 8.44. The second-order valence-electron chi connectivity index (χ2n) is 6.75. The van der Waals surface area contributed by atoms with Crippen LogP contribution in [-0.4, -0.2) is 37.5 Å². The van der Waals surface area contributed by atoms with E-state index >= 15 is 0 Å². The van der Waals surface area contributed by atoms with Crippen molar-refractivity contribution in [3.63, 3.8) is 0 Å². The van der Waals surface area contributed by atoms with Crippen LogP contribution in [0.25, 0.3) is 21.5 Å². The molecule has 0 aliphatic heterocycles. The van der Waals surface area contributed by atoms with E-state index in [0.29, 0.717) is 33.5 Å². The Kier molecular flexibility index (Phi) is 8.78. The molecule has 10 heteroatoms. The number of nitrogens with one attached hydrogen (secondary N) is 2. The zero-order valence-corrected chi connectivity index (χ0v) is 19.3. The lowest BCUT2D eigenvalue weighted by molar-refractivity contribution is 0.253. The second-order valence-corrected chi connectivity index (χ2v) is 7.73. The minimum atomic E-state index is -0.364. The zero-order valence-electron chi connectivity index (χ0n) is 18.5. The Morgan fingerprint density at radius 3 is 2.70 bits per heavy atom. The molecule has 33 heavy (non-hydrogen) atoms. The molecule has 0 atom stereocenters. The fourth-order valence-electron chi connectivity index (χ4n) is 2.59.